The van der Waals surface area contributed by atoms with Gasteiger partial charge in [-0.3, -0.25) is 0 Å². The van der Waals surface area contributed by atoms with E-state index < -0.39 is 10.0 Å². The van der Waals surface area contributed by atoms with Gasteiger partial charge >= 0.3 is 0 Å². The maximum absolute atomic E-state index is 12.8. The van der Waals surface area contributed by atoms with E-state index >= 15 is 0 Å². The van der Waals surface area contributed by atoms with E-state index in [9.17, 15) is 8.42 Å². The molecule has 1 aromatic carbocycles. The smallest absolute Gasteiger partial charge is 0.207 e. The molecule has 21 heavy (non-hydrogen) atoms. The zero-order valence-electron chi connectivity index (χ0n) is 12.2. The fourth-order valence-electron chi connectivity index (χ4n) is 2.75. The van der Waals surface area contributed by atoms with E-state index in [1.807, 2.05) is 0 Å². The molecular formula is C15H21Cl2NO2S. The number of nitrogens with zero attached hydrogens (tertiary/aromatic N) is 1. The van der Waals surface area contributed by atoms with Crippen LogP contribution in [-0.4, -0.2) is 25.8 Å². The van der Waals surface area contributed by atoms with Gasteiger partial charge in [-0.25, -0.2) is 8.42 Å². The van der Waals surface area contributed by atoms with Gasteiger partial charge in [0.05, 0.1) is 4.90 Å². The molecule has 0 bridgehead atoms. The maximum atomic E-state index is 12.8. The van der Waals surface area contributed by atoms with Gasteiger partial charge in [0.25, 0.3) is 0 Å². The van der Waals surface area contributed by atoms with Crippen LogP contribution in [0.4, 0.5) is 0 Å². The molecule has 1 aliphatic heterocycles. The van der Waals surface area contributed by atoms with Crippen molar-refractivity contribution in [1.29, 1.82) is 0 Å². The predicted molar refractivity (Wildman–Crippen MR) is 87.4 cm³/mol. The van der Waals surface area contributed by atoms with E-state index in [0.717, 1.165) is 25.7 Å². The van der Waals surface area contributed by atoms with Crippen LogP contribution in [-0.2, 0) is 15.9 Å². The van der Waals surface area contributed by atoms with Crippen molar-refractivity contribution in [2.75, 3.05) is 13.1 Å². The summed E-state index contributed by atoms with van der Waals surface area (Å²) < 4.78 is 27.1. The minimum absolute atomic E-state index is 0.208. The lowest BCUT2D eigenvalue weighted by Crippen LogP contribution is -2.32. The van der Waals surface area contributed by atoms with E-state index in [0.29, 0.717) is 29.6 Å². The van der Waals surface area contributed by atoms with E-state index in [1.165, 1.54) is 0 Å². The largest absolute Gasteiger partial charge is 0.243 e. The molecule has 0 aliphatic carbocycles. The highest BCUT2D eigenvalue weighted by atomic mass is 35.5. The second-order valence-electron chi connectivity index (χ2n) is 5.50. The number of alkyl halides is 1. The van der Waals surface area contributed by atoms with Crippen LogP contribution in [0, 0.1) is 5.92 Å². The number of hydrogen-bond acceptors (Lipinski definition) is 2. The summed E-state index contributed by atoms with van der Waals surface area (Å²) in [6.45, 7) is 3.36. The number of halogens is 2. The van der Waals surface area contributed by atoms with Crippen molar-refractivity contribution in [2.45, 2.75) is 43.4 Å². The first-order valence-corrected chi connectivity index (χ1v) is 9.68. The van der Waals surface area contributed by atoms with Crippen LogP contribution in [0.5, 0.6) is 0 Å². The van der Waals surface area contributed by atoms with E-state index in [1.54, 1.807) is 22.5 Å². The van der Waals surface area contributed by atoms with Gasteiger partial charge in [0.1, 0.15) is 0 Å². The van der Waals surface area contributed by atoms with Crippen LogP contribution in [0.1, 0.15) is 38.2 Å². The van der Waals surface area contributed by atoms with Gasteiger partial charge in [0, 0.05) is 24.0 Å². The van der Waals surface area contributed by atoms with Gasteiger partial charge < -0.3 is 0 Å². The van der Waals surface area contributed by atoms with E-state index in [2.05, 4.69) is 6.92 Å². The van der Waals surface area contributed by atoms with Crippen molar-refractivity contribution >= 4 is 33.2 Å². The summed E-state index contributed by atoms with van der Waals surface area (Å²) in [6.07, 6.45) is 4.08. The third kappa shape index (κ3) is 3.92. The molecular weight excluding hydrogens is 329 g/mol. The summed E-state index contributed by atoms with van der Waals surface area (Å²) in [5.74, 6) is 0.842. The maximum Gasteiger partial charge on any atom is 0.243 e. The zero-order valence-corrected chi connectivity index (χ0v) is 14.5. The topological polar surface area (TPSA) is 37.4 Å². The molecule has 1 unspecified atom stereocenters. The van der Waals surface area contributed by atoms with Crippen molar-refractivity contribution in [3.8, 4) is 0 Å². The highest BCUT2D eigenvalue weighted by molar-refractivity contribution is 7.89. The third-order valence-corrected chi connectivity index (χ3v) is 6.73. The lowest BCUT2D eigenvalue weighted by atomic mass is 9.98. The molecule has 118 valence electrons. The standard InChI is InChI=1S/C15H21Cl2NO2S/c1-2-12-4-3-8-18(9-7-12)21(19,20)14-5-6-15(17)13(10-14)11-16/h5-6,10,12H,2-4,7-9,11H2,1H3. The summed E-state index contributed by atoms with van der Waals surface area (Å²) in [5.41, 5.74) is 0.653. The molecule has 3 nitrogen and oxygen atoms in total. The number of sulfonamides is 1. The number of rotatable bonds is 4. The Labute approximate surface area is 137 Å². The molecule has 0 saturated carbocycles. The minimum Gasteiger partial charge on any atom is -0.207 e. The van der Waals surface area contributed by atoms with Crippen LogP contribution in [0.15, 0.2) is 23.1 Å². The predicted octanol–water partition coefficient (Wildman–Crippen LogP) is 4.28. The summed E-state index contributed by atoms with van der Waals surface area (Å²) in [7, 11) is -3.45. The highest BCUT2D eigenvalue weighted by Gasteiger charge is 2.27. The van der Waals surface area contributed by atoms with Gasteiger partial charge in [-0.1, -0.05) is 24.9 Å². The van der Waals surface area contributed by atoms with E-state index in [-0.39, 0.29) is 10.8 Å². The Hall–Kier alpha value is -0.290. The molecule has 6 heteroatoms. The van der Waals surface area contributed by atoms with Gasteiger partial charge in [-0.2, -0.15) is 4.31 Å². The first-order valence-electron chi connectivity index (χ1n) is 7.33. The van der Waals surface area contributed by atoms with Crippen LogP contribution < -0.4 is 0 Å². The SMILES string of the molecule is CCC1CCCN(S(=O)(=O)c2ccc(Cl)c(CCl)c2)CC1. The van der Waals surface area contributed by atoms with Gasteiger partial charge in [-0.15, -0.1) is 11.6 Å². The summed E-state index contributed by atoms with van der Waals surface area (Å²) in [4.78, 5) is 0.289. The lowest BCUT2D eigenvalue weighted by molar-refractivity contribution is 0.407. The van der Waals surface area contributed by atoms with Crippen molar-refractivity contribution in [1.82, 2.24) is 4.31 Å². The van der Waals surface area contributed by atoms with Gasteiger partial charge in [0.15, 0.2) is 0 Å². The Morgan fingerprint density at radius 3 is 2.71 bits per heavy atom. The van der Waals surface area contributed by atoms with Crippen molar-refractivity contribution < 1.29 is 8.42 Å². The van der Waals surface area contributed by atoms with Crippen molar-refractivity contribution in [3.05, 3.63) is 28.8 Å². The number of hydrogen-bond donors (Lipinski definition) is 0. The molecule has 2 rings (SSSR count). The zero-order chi connectivity index (χ0) is 15.5. The molecule has 1 saturated heterocycles. The second-order valence-corrected chi connectivity index (χ2v) is 8.11. The second kappa shape index (κ2) is 7.32. The monoisotopic (exact) mass is 349 g/mol. The van der Waals surface area contributed by atoms with Gasteiger partial charge in [-0.05, 0) is 48.9 Å². The van der Waals surface area contributed by atoms with Crippen LogP contribution in [0.2, 0.25) is 5.02 Å². The molecule has 0 spiro atoms. The molecule has 0 radical (unpaired) electrons. The lowest BCUT2D eigenvalue weighted by Gasteiger charge is -2.20. The molecule has 0 N–H and O–H groups in total. The van der Waals surface area contributed by atoms with Crippen LogP contribution in [0.3, 0.4) is 0 Å². The Balaban J connectivity index is 2.25. The molecule has 0 aromatic heterocycles. The average Bonchev–Trinajstić information content (AvgIpc) is 2.73. The quantitative estimate of drug-likeness (QED) is 0.760. The molecule has 1 aliphatic rings. The summed E-state index contributed by atoms with van der Waals surface area (Å²) in [5, 5.41) is 0.505. The Morgan fingerprint density at radius 2 is 2.05 bits per heavy atom. The molecule has 1 fully saturated rings. The third-order valence-electron chi connectivity index (χ3n) is 4.18. The Kier molecular flexibility index (Phi) is 5.95. The first kappa shape index (κ1) is 17.1. The van der Waals surface area contributed by atoms with Crippen molar-refractivity contribution in [2.24, 2.45) is 5.92 Å². The minimum atomic E-state index is -3.45. The molecule has 1 heterocycles. The van der Waals surface area contributed by atoms with Crippen LogP contribution in [0.25, 0.3) is 0 Å². The first-order chi connectivity index (χ1) is 9.98. The van der Waals surface area contributed by atoms with E-state index in [4.69, 9.17) is 23.2 Å². The molecule has 1 aromatic rings. The Bertz CT molecular complexity index is 589. The van der Waals surface area contributed by atoms with Gasteiger partial charge in [0.2, 0.25) is 10.0 Å². The fraction of sp³-hybridized carbons (Fsp3) is 0.600. The summed E-state index contributed by atoms with van der Waals surface area (Å²) in [6, 6.07) is 4.77. The average molecular weight is 350 g/mol. The Morgan fingerprint density at radius 1 is 1.29 bits per heavy atom. The normalized spacial score (nSPS) is 21.2. The molecule has 0 amide bonds. The highest BCUT2D eigenvalue weighted by Crippen LogP contribution is 2.27. The summed E-state index contributed by atoms with van der Waals surface area (Å²) >= 11 is 11.8. The number of benzene rings is 1. The van der Waals surface area contributed by atoms with Crippen LogP contribution >= 0.6 is 23.2 Å². The molecule has 1 atom stereocenters. The fourth-order valence-corrected chi connectivity index (χ4v) is 4.77. The van der Waals surface area contributed by atoms with Crippen molar-refractivity contribution in [3.63, 3.8) is 0 Å².